The molecule has 6 nitrogen and oxygen atoms in total. The number of hydrogen-bond donors (Lipinski definition) is 1. The summed E-state index contributed by atoms with van der Waals surface area (Å²) in [5.41, 5.74) is 2.99. The van der Waals surface area contributed by atoms with Crippen molar-refractivity contribution in [1.29, 1.82) is 0 Å². The number of rotatable bonds is 5. The smallest absolute Gasteiger partial charge is 0.253 e. The standard InChI is InChI=1S/C28H28F2N4O2/c1-17(2)33-10-12-34(13-11-33)28(36)19-8-6-18(7-9-19)14-20-15-23(26-21(29)4-3-5-22(26)30)32-24-16-31-27(35)25(20)24/h3-9,15,17H,10-14,16H2,1-2H3,(H,31,35). The molecular weight excluding hydrogens is 462 g/mol. The molecule has 1 aromatic heterocycles. The zero-order chi connectivity index (χ0) is 25.4. The van der Waals surface area contributed by atoms with Gasteiger partial charge >= 0.3 is 0 Å². The fourth-order valence-corrected chi connectivity index (χ4v) is 4.93. The van der Waals surface area contributed by atoms with Crippen LogP contribution in [0, 0.1) is 11.6 Å². The molecule has 3 aromatic rings. The predicted octanol–water partition coefficient (Wildman–Crippen LogP) is 4.03. The van der Waals surface area contributed by atoms with Gasteiger partial charge in [0.1, 0.15) is 11.6 Å². The summed E-state index contributed by atoms with van der Waals surface area (Å²) >= 11 is 0. The second-order valence-electron chi connectivity index (χ2n) is 9.56. The van der Waals surface area contributed by atoms with Crippen LogP contribution in [-0.4, -0.2) is 58.8 Å². The molecule has 1 saturated heterocycles. The summed E-state index contributed by atoms with van der Waals surface area (Å²) in [6.07, 6.45) is 0.364. The van der Waals surface area contributed by atoms with Gasteiger partial charge in [-0.1, -0.05) is 18.2 Å². The molecule has 2 amide bonds. The third kappa shape index (κ3) is 4.60. The lowest BCUT2D eigenvalue weighted by Gasteiger charge is -2.37. The molecule has 0 radical (unpaired) electrons. The molecule has 2 aliphatic rings. The Morgan fingerprint density at radius 2 is 1.67 bits per heavy atom. The molecule has 8 heteroatoms. The van der Waals surface area contributed by atoms with E-state index in [0.29, 0.717) is 47.9 Å². The molecule has 0 bridgehead atoms. The number of carbonyl (C=O) groups excluding carboxylic acids is 2. The quantitative estimate of drug-likeness (QED) is 0.587. The van der Waals surface area contributed by atoms with Crippen LogP contribution in [-0.2, 0) is 13.0 Å². The number of fused-ring (bicyclic) bond motifs is 1. The molecule has 0 aliphatic carbocycles. The summed E-state index contributed by atoms with van der Waals surface area (Å²) in [7, 11) is 0. The van der Waals surface area contributed by atoms with E-state index in [1.165, 1.54) is 18.2 Å². The van der Waals surface area contributed by atoms with E-state index in [9.17, 15) is 18.4 Å². The first-order valence-corrected chi connectivity index (χ1v) is 12.2. The van der Waals surface area contributed by atoms with Crippen molar-refractivity contribution < 1.29 is 18.4 Å². The molecule has 36 heavy (non-hydrogen) atoms. The normalized spacial score (nSPS) is 15.8. The van der Waals surface area contributed by atoms with E-state index in [-0.39, 0.29) is 29.6 Å². The minimum atomic E-state index is -0.706. The van der Waals surface area contributed by atoms with Gasteiger partial charge in [0.2, 0.25) is 0 Å². The molecule has 1 fully saturated rings. The Bertz CT molecular complexity index is 1300. The highest BCUT2D eigenvalue weighted by atomic mass is 19.1. The van der Waals surface area contributed by atoms with Crippen LogP contribution in [0.5, 0.6) is 0 Å². The van der Waals surface area contributed by atoms with Gasteiger partial charge in [-0.15, -0.1) is 0 Å². The minimum Gasteiger partial charge on any atom is -0.346 e. The molecule has 0 unspecified atom stereocenters. The molecule has 5 rings (SSSR count). The zero-order valence-electron chi connectivity index (χ0n) is 20.4. The summed E-state index contributed by atoms with van der Waals surface area (Å²) in [5, 5.41) is 2.75. The number of nitrogens with one attached hydrogen (secondary N) is 1. The van der Waals surface area contributed by atoms with Crippen LogP contribution >= 0.6 is 0 Å². The lowest BCUT2D eigenvalue weighted by atomic mass is 9.96. The first-order valence-electron chi connectivity index (χ1n) is 12.2. The van der Waals surface area contributed by atoms with E-state index >= 15 is 0 Å². The van der Waals surface area contributed by atoms with Crippen LogP contribution in [0.15, 0.2) is 48.5 Å². The maximum atomic E-state index is 14.5. The lowest BCUT2D eigenvalue weighted by molar-refractivity contribution is 0.0595. The first kappa shape index (κ1) is 24.1. The predicted molar refractivity (Wildman–Crippen MR) is 133 cm³/mol. The monoisotopic (exact) mass is 490 g/mol. The molecule has 2 aliphatic heterocycles. The fraction of sp³-hybridized carbons (Fsp3) is 0.321. The van der Waals surface area contributed by atoms with Gasteiger partial charge < -0.3 is 10.2 Å². The van der Waals surface area contributed by atoms with E-state index in [1.54, 1.807) is 18.2 Å². The second kappa shape index (κ2) is 9.78. The highest BCUT2D eigenvalue weighted by Crippen LogP contribution is 2.30. The van der Waals surface area contributed by atoms with Crippen molar-refractivity contribution in [3.8, 4) is 11.3 Å². The van der Waals surface area contributed by atoms with E-state index in [1.807, 2.05) is 17.0 Å². The molecule has 2 aromatic carbocycles. The number of hydrogen-bond acceptors (Lipinski definition) is 4. The molecule has 3 heterocycles. The largest absolute Gasteiger partial charge is 0.346 e. The van der Waals surface area contributed by atoms with Crippen molar-refractivity contribution in [2.24, 2.45) is 0 Å². The Kier molecular flexibility index (Phi) is 6.53. The number of pyridine rings is 1. The third-order valence-corrected chi connectivity index (χ3v) is 6.97. The number of piperazine rings is 1. The number of nitrogens with zero attached hydrogens (tertiary/aromatic N) is 3. The summed E-state index contributed by atoms with van der Waals surface area (Å²) < 4.78 is 28.9. The Hall–Kier alpha value is -3.65. The minimum absolute atomic E-state index is 0.00597. The third-order valence-electron chi connectivity index (χ3n) is 6.97. The van der Waals surface area contributed by atoms with E-state index in [4.69, 9.17) is 0 Å². The van der Waals surface area contributed by atoms with Crippen LogP contribution < -0.4 is 5.32 Å². The molecule has 0 atom stereocenters. The van der Waals surface area contributed by atoms with Gasteiger partial charge in [-0.2, -0.15) is 0 Å². The van der Waals surface area contributed by atoms with Crippen LogP contribution in [0.1, 0.15) is 51.4 Å². The first-order chi connectivity index (χ1) is 17.3. The van der Waals surface area contributed by atoms with Gasteiger partial charge in [0.25, 0.3) is 11.8 Å². The van der Waals surface area contributed by atoms with Crippen LogP contribution in [0.25, 0.3) is 11.3 Å². The van der Waals surface area contributed by atoms with Gasteiger partial charge in [0.15, 0.2) is 0 Å². The van der Waals surface area contributed by atoms with Gasteiger partial charge in [-0.05, 0) is 61.7 Å². The van der Waals surface area contributed by atoms with Gasteiger partial charge in [-0.3, -0.25) is 14.5 Å². The number of amides is 2. The molecule has 0 spiro atoms. The molecular formula is C28H28F2N4O2. The number of halogens is 2. The number of aromatic nitrogens is 1. The van der Waals surface area contributed by atoms with Crippen LogP contribution in [0.4, 0.5) is 8.78 Å². The molecule has 0 saturated carbocycles. The summed E-state index contributed by atoms with van der Waals surface area (Å²) in [6, 6.07) is 13.1. The maximum Gasteiger partial charge on any atom is 0.253 e. The Morgan fingerprint density at radius 3 is 2.31 bits per heavy atom. The van der Waals surface area contributed by atoms with Crippen LogP contribution in [0.3, 0.4) is 0 Å². The second-order valence-corrected chi connectivity index (χ2v) is 9.56. The van der Waals surface area contributed by atoms with Crippen molar-refractivity contribution in [1.82, 2.24) is 20.1 Å². The van der Waals surface area contributed by atoms with Gasteiger partial charge in [-0.25, -0.2) is 13.8 Å². The van der Waals surface area contributed by atoms with Crippen molar-refractivity contribution in [2.45, 2.75) is 32.9 Å². The van der Waals surface area contributed by atoms with Crippen molar-refractivity contribution in [3.63, 3.8) is 0 Å². The summed E-state index contributed by atoms with van der Waals surface area (Å²) in [6.45, 7) is 7.66. The van der Waals surface area contributed by atoms with Crippen molar-refractivity contribution >= 4 is 11.8 Å². The summed E-state index contributed by atoms with van der Waals surface area (Å²) in [4.78, 5) is 34.1. The zero-order valence-corrected chi connectivity index (χ0v) is 20.4. The summed E-state index contributed by atoms with van der Waals surface area (Å²) in [5.74, 6) is -1.66. The number of carbonyl (C=O) groups is 2. The maximum absolute atomic E-state index is 14.5. The van der Waals surface area contributed by atoms with Crippen molar-refractivity contribution in [3.05, 3.63) is 88.1 Å². The van der Waals surface area contributed by atoms with E-state index in [2.05, 4.69) is 29.0 Å². The average molecular weight is 491 g/mol. The highest BCUT2D eigenvalue weighted by molar-refractivity contribution is 5.99. The van der Waals surface area contributed by atoms with Crippen LogP contribution in [0.2, 0.25) is 0 Å². The van der Waals surface area contributed by atoms with E-state index < -0.39 is 11.6 Å². The Labute approximate surface area is 208 Å². The average Bonchev–Trinajstić information content (AvgIpc) is 3.25. The van der Waals surface area contributed by atoms with Gasteiger partial charge in [0.05, 0.1) is 29.1 Å². The topological polar surface area (TPSA) is 65.5 Å². The molecule has 186 valence electrons. The molecule has 1 N–H and O–H groups in total. The van der Waals surface area contributed by atoms with Crippen molar-refractivity contribution in [2.75, 3.05) is 26.2 Å². The Balaban J connectivity index is 1.38. The van der Waals surface area contributed by atoms with E-state index in [0.717, 1.165) is 18.7 Å². The lowest BCUT2D eigenvalue weighted by Crippen LogP contribution is -2.50. The fourth-order valence-electron chi connectivity index (χ4n) is 4.93. The van der Waals surface area contributed by atoms with Gasteiger partial charge in [0, 0.05) is 37.8 Å². The SMILES string of the molecule is CC(C)N1CCN(C(=O)c2ccc(Cc3cc(-c4c(F)cccc4F)nc4c3C(=O)NC4)cc2)CC1. The highest BCUT2D eigenvalue weighted by Gasteiger charge is 2.27. The Morgan fingerprint density at radius 1 is 1.00 bits per heavy atom. The number of benzene rings is 2.